The van der Waals surface area contributed by atoms with Gasteiger partial charge in [-0.05, 0) is 5.92 Å². The van der Waals surface area contributed by atoms with Crippen LogP contribution in [-0.4, -0.2) is 35.3 Å². The highest BCUT2D eigenvalue weighted by molar-refractivity contribution is 7.89. The Hall–Kier alpha value is -1.41. The lowest BCUT2D eigenvalue weighted by molar-refractivity contribution is -0.140. The van der Waals surface area contributed by atoms with Gasteiger partial charge in [0.15, 0.2) is 0 Å². The number of carboxylic acid groups (broad SMARTS) is 1. The molecule has 2 atom stereocenters. The van der Waals surface area contributed by atoms with Crippen molar-refractivity contribution in [3.05, 3.63) is 12.4 Å². The van der Waals surface area contributed by atoms with Gasteiger partial charge in [0.25, 0.3) is 0 Å². The summed E-state index contributed by atoms with van der Waals surface area (Å²) in [5.74, 6) is -1.48. The Balaban J connectivity index is 2.96. The molecule has 0 spiro atoms. The smallest absolute Gasteiger partial charge is 0.322 e. The largest absolute Gasteiger partial charge is 0.480 e. The highest BCUT2D eigenvalue weighted by Gasteiger charge is 2.29. The molecule has 1 aromatic heterocycles. The molecule has 1 rings (SSSR count). The van der Waals surface area contributed by atoms with Crippen LogP contribution in [0.15, 0.2) is 17.3 Å². The van der Waals surface area contributed by atoms with Gasteiger partial charge in [0.2, 0.25) is 10.0 Å². The molecule has 0 bridgehead atoms. The lowest BCUT2D eigenvalue weighted by Crippen LogP contribution is -2.44. The molecule has 2 N–H and O–H groups in total. The number of sulfonamides is 1. The van der Waals surface area contributed by atoms with E-state index in [0.29, 0.717) is 6.42 Å². The summed E-state index contributed by atoms with van der Waals surface area (Å²) in [5, 5.41) is 12.8. The van der Waals surface area contributed by atoms with Gasteiger partial charge in [-0.3, -0.25) is 9.48 Å². The first-order valence-corrected chi connectivity index (χ1v) is 7.00. The maximum Gasteiger partial charge on any atom is 0.322 e. The molecular formula is C10H17N3O4S. The van der Waals surface area contributed by atoms with Crippen LogP contribution < -0.4 is 4.72 Å². The Bertz CT molecular complexity index is 523. The van der Waals surface area contributed by atoms with Crippen LogP contribution in [0.5, 0.6) is 0 Å². The zero-order chi connectivity index (χ0) is 13.9. The normalized spacial score (nSPS) is 15.3. The summed E-state index contributed by atoms with van der Waals surface area (Å²) in [6.45, 7) is 3.49. The standard InChI is InChI=1S/C10H17N3O4S/c1-4-7(2)9(10(14)15)12-18(16,17)8-5-11-13(3)6-8/h5-7,9,12H,4H2,1-3H3,(H,14,15)/t7-,9-/m0/s1. The van der Waals surface area contributed by atoms with E-state index in [2.05, 4.69) is 9.82 Å². The molecule has 7 nitrogen and oxygen atoms in total. The number of aliphatic carboxylic acids is 1. The highest BCUT2D eigenvalue weighted by Crippen LogP contribution is 2.13. The first-order valence-electron chi connectivity index (χ1n) is 5.51. The molecule has 1 aromatic rings. The lowest BCUT2D eigenvalue weighted by atomic mass is 10.0. The number of rotatable bonds is 6. The third-order valence-corrected chi connectivity index (χ3v) is 4.15. The Morgan fingerprint density at radius 1 is 1.61 bits per heavy atom. The molecule has 0 saturated heterocycles. The Morgan fingerprint density at radius 3 is 2.61 bits per heavy atom. The molecule has 1 heterocycles. The van der Waals surface area contributed by atoms with Crippen molar-refractivity contribution in [2.45, 2.75) is 31.2 Å². The highest BCUT2D eigenvalue weighted by atomic mass is 32.2. The first kappa shape index (κ1) is 14.7. The van der Waals surface area contributed by atoms with Crippen molar-refractivity contribution in [2.24, 2.45) is 13.0 Å². The fourth-order valence-corrected chi connectivity index (χ4v) is 2.70. The number of nitrogens with zero attached hydrogens (tertiary/aromatic N) is 2. The summed E-state index contributed by atoms with van der Waals surface area (Å²) in [5.41, 5.74) is 0. The van der Waals surface area contributed by atoms with Gasteiger partial charge in [-0.1, -0.05) is 20.3 Å². The number of carboxylic acids is 1. The molecule has 0 aliphatic carbocycles. The van der Waals surface area contributed by atoms with E-state index in [9.17, 15) is 13.2 Å². The van der Waals surface area contributed by atoms with E-state index in [1.807, 2.05) is 0 Å². The van der Waals surface area contributed by atoms with Crippen LogP contribution in [0.4, 0.5) is 0 Å². The SMILES string of the molecule is CC[C@H](C)[C@H](NS(=O)(=O)c1cnn(C)c1)C(=O)O. The summed E-state index contributed by atoms with van der Waals surface area (Å²) in [6, 6.07) is -1.14. The minimum atomic E-state index is -3.85. The maximum absolute atomic E-state index is 12.0. The van der Waals surface area contributed by atoms with E-state index >= 15 is 0 Å². The van der Waals surface area contributed by atoms with Gasteiger partial charge in [-0.15, -0.1) is 0 Å². The van der Waals surface area contributed by atoms with Crippen molar-refractivity contribution < 1.29 is 18.3 Å². The van der Waals surface area contributed by atoms with Gasteiger partial charge in [0.1, 0.15) is 10.9 Å². The van der Waals surface area contributed by atoms with Crippen molar-refractivity contribution in [1.29, 1.82) is 0 Å². The second-order valence-corrected chi connectivity index (χ2v) is 5.89. The van der Waals surface area contributed by atoms with Crippen LogP contribution in [0.25, 0.3) is 0 Å². The Labute approximate surface area is 106 Å². The van der Waals surface area contributed by atoms with Crippen molar-refractivity contribution in [3.63, 3.8) is 0 Å². The summed E-state index contributed by atoms with van der Waals surface area (Å²) < 4.78 is 27.4. The topological polar surface area (TPSA) is 101 Å². The molecule has 8 heteroatoms. The van der Waals surface area contributed by atoms with Gasteiger partial charge in [0, 0.05) is 13.2 Å². The van der Waals surface area contributed by atoms with Gasteiger partial charge < -0.3 is 5.11 Å². The van der Waals surface area contributed by atoms with Crippen LogP contribution in [0.1, 0.15) is 20.3 Å². The minimum Gasteiger partial charge on any atom is -0.480 e. The third-order valence-electron chi connectivity index (χ3n) is 2.75. The van der Waals surface area contributed by atoms with Crippen molar-refractivity contribution >= 4 is 16.0 Å². The zero-order valence-corrected chi connectivity index (χ0v) is 11.3. The van der Waals surface area contributed by atoms with Crippen LogP contribution >= 0.6 is 0 Å². The number of hydrogen-bond donors (Lipinski definition) is 2. The summed E-state index contributed by atoms with van der Waals surface area (Å²) in [7, 11) is -2.27. The van der Waals surface area contributed by atoms with E-state index < -0.39 is 22.0 Å². The summed E-state index contributed by atoms with van der Waals surface area (Å²) in [4.78, 5) is 11.0. The molecule has 0 radical (unpaired) electrons. The summed E-state index contributed by atoms with van der Waals surface area (Å²) >= 11 is 0. The minimum absolute atomic E-state index is 0.0421. The van der Waals surface area contributed by atoms with E-state index in [1.165, 1.54) is 17.1 Å². The van der Waals surface area contributed by atoms with Crippen LogP contribution in [0.2, 0.25) is 0 Å². The summed E-state index contributed by atoms with van der Waals surface area (Å²) in [6.07, 6.45) is 3.06. The van der Waals surface area contributed by atoms with E-state index in [-0.39, 0.29) is 10.8 Å². The van der Waals surface area contributed by atoms with E-state index in [4.69, 9.17) is 5.11 Å². The van der Waals surface area contributed by atoms with Crippen molar-refractivity contribution in [1.82, 2.24) is 14.5 Å². The number of aryl methyl sites for hydroxylation is 1. The number of aromatic nitrogens is 2. The predicted octanol–water partition coefficient (Wildman–Crippen LogP) is 0.198. The zero-order valence-electron chi connectivity index (χ0n) is 10.5. The first-order chi connectivity index (χ1) is 8.27. The molecule has 0 fully saturated rings. The van der Waals surface area contributed by atoms with Crippen molar-refractivity contribution in [2.75, 3.05) is 0 Å². The second kappa shape index (κ2) is 5.49. The molecule has 102 valence electrons. The van der Waals surface area contributed by atoms with Gasteiger partial charge in [0.05, 0.1) is 6.20 Å². The average Bonchev–Trinajstić information content (AvgIpc) is 2.72. The van der Waals surface area contributed by atoms with Gasteiger partial charge in [-0.2, -0.15) is 9.82 Å². The number of nitrogens with one attached hydrogen (secondary N) is 1. The maximum atomic E-state index is 12.0. The van der Waals surface area contributed by atoms with Crippen LogP contribution in [0, 0.1) is 5.92 Å². The van der Waals surface area contributed by atoms with E-state index in [1.54, 1.807) is 20.9 Å². The van der Waals surface area contributed by atoms with Crippen LogP contribution in [0.3, 0.4) is 0 Å². The average molecular weight is 275 g/mol. The lowest BCUT2D eigenvalue weighted by Gasteiger charge is -2.19. The quantitative estimate of drug-likeness (QED) is 0.772. The molecule has 0 aliphatic rings. The predicted molar refractivity (Wildman–Crippen MR) is 64.4 cm³/mol. The Kier molecular flexibility index (Phi) is 4.47. The fraction of sp³-hybridized carbons (Fsp3) is 0.600. The molecule has 0 aromatic carbocycles. The van der Waals surface area contributed by atoms with Gasteiger partial charge in [-0.25, -0.2) is 8.42 Å². The van der Waals surface area contributed by atoms with E-state index in [0.717, 1.165) is 0 Å². The molecule has 0 amide bonds. The number of carbonyl (C=O) groups is 1. The Morgan fingerprint density at radius 2 is 2.22 bits per heavy atom. The molecule has 18 heavy (non-hydrogen) atoms. The molecule has 0 aliphatic heterocycles. The second-order valence-electron chi connectivity index (χ2n) is 4.17. The van der Waals surface area contributed by atoms with Crippen molar-refractivity contribution in [3.8, 4) is 0 Å². The van der Waals surface area contributed by atoms with Crippen LogP contribution in [-0.2, 0) is 21.9 Å². The fourth-order valence-electron chi connectivity index (χ4n) is 1.42. The molecule has 0 unspecified atom stereocenters. The number of hydrogen-bond acceptors (Lipinski definition) is 4. The molecule has 0 saturated carbocycles. The third kappa shape index (κ3) is 3.30. The molecular weight excluding hydrogens is 258 g/mol. The monoisotopic (exact) mass is 275 g/mol. The van der Waals surface area contributed by atoms with Gasteiger partial charge >= 0.3 is 5.97 Å².